The number of likely N-dealkylation sites (N-methyl/N-ethyl adjacent to an activating group) is 1. The number of nitrogen functional groups attached to an aromatic ring is 1. The lowest BCUT2D eigenvalue weighted by Gasteiger charge is -2.19. The molecule has 1 unspecified atom stereocenters. The van der Waals surface area contributed by atoms with Crippen molar-refractivity contribution >= 4 is 5.82 Å². The first-order valence-corrected chi connectivity index (χ1v) is 6.55. The molecular weight excluding hydrogens is 234 g/mol. The maximum absolute atomic E-state index is 6.01. The Balaban J connectivity index is 2.30. The summed E-state index contributed by atoms with van der Waals surface area (Å²) >= 11 is 0. The minimum absolute atomic E-state index is 0.188. The Morgan fingerprint density at radius 3 is 2.68 bits per heavy atom. The fraction of sp³-hybridized carbons (Fsp3) is 0.312. The van der Waals surface area contributed by atoms with E-state index in [-0.39, 0.29) is 6.04 Å². The molecule has 0 radical (unpaired) electrons. The van der Waals surface area contributed by atoms with E-state index in [1.165, 1.54) is 11.1 Å². The Morgan fingerprint density at radius 2 is 2.00 bits per heavy atom. The molecular formula is C16H21N3. The summed E-state index contributed by atoms with van der Waals surface area (Å²) in [4.78, 5) is 4.25. The van der Waals surface area contributed by atoms with E-state index in [4.69, 9.17) is 5.73 Å². The predicted octanol–water partition coefficient (Wildman–Crippen LogP) is 2.78. The van der Waals surface area contributed by atoms with Gasteiger partial charge >= 0.3 is 0 Å². The van der Waals surface area contributed by atoms with E-state index in [9.17, 15) is 0 Å². The molecule has 2 rings (SSSR count). The van der Waals surface area contributed by atoms with Crippen LogP contribution in [-0.2, 0) is 6.42 Å². The Kier molecular flexibility index (Phi) is 4.17. The Morgan fingerprint density at radius 1 is 1.26 bits per heavy atom. The molecule has 19 heavy (non-hydrogen) atoms. The number of aromatic nitrogens is 1. The number of benzene rings is 1. The highest BCUT2D eigenvalue weighted by molar-refractivity contribution is 5.44. The monoisotopic (exact) mass is 255 g/mol. The van der Waals surface area contributed by atoms with Crippen LogP contribution in [0.4, 0.5) is 5.82 Å². The highest BCUT2D eigenvalue weighted by Gasteiger charge is 2.15. The third kappa shape index (κ3) is 3.12. The number of anilines is 1. The standard InChI is InChI=1S/C16H21N3/c1-11-8-14(16(17)19-10-11)15(18-3)9-13-7-5-4-6-12(13)2/h4-8,10,15,18H,9H2,1-3H3,(H2,17,19). The first kappa shape index (κ1) is 13.6. The summed E-state index contributed by atoms with van der Waals surface area (Å²) in [5, 5.41) is 3.34. The predicted molar refractivity (Wildman–Crippen MR) is 80.1 cm³/mol. The van der Waals surface area contributed by atoms with Crippen molar-refractivity contribution in [3.63, 3.8) is 0 Å². The van der Waals surface area contributed by atoms with Crippen molar-refractivity contribution in [2.45, 2.75) is 26.3 Å². The molecule has 3 N–H and O–H groups in total. The summed E-state index contributed by atoms with van der Waals surface area (Å²) in [5.74, 6) is 0.610. The molecule has 0 bridgehead atoms. The zero-order valence-corrected chi connectivity index (χ0v) is 11.8. The molecule has 0 aliphatic carbocycles. The molecule has 0 fully saturated rings. The van der Waals surface area contributed by atoms with Gasteiger partial charge in [-0.2, -0.15) is 0 Å². The fourth-order valence-corrected chi connectivity index (χ4v) is 2.31. The lowest BCUT2D eigenvalue weighted by atomic mass is 9.96. The third-order valence-corrected chi connectivity index (χ3v) is 3.50. The molecule has 0 aliphatic heterocycles. The topological polar surface area (TPSA) is 50.9 Å². The summed E-state index contributed by atoms with van der Waals surface area (Å²) in [6, 6.07) is 10.7. The average molecular weight is 255 g/mol. The van der Waals surface area contributed by atoms with Crippen LogP contribution < -0.4 is 11.1 Å². The van der Waals surface area contributed by atoms with Gasteiger partial charge in [-0.15, -0.1) is 0 Å². The van der Waals surface area contributed by atoms with Gasteiger partial charge in [0.05, 0.1) is 0 Å². The average Bonchev–Trinajstić information content (AvgIpc) is 2.41. The summed E-state index contributed by atoms with van der Waals surface area (Å²) in [5.41, 5.74) is 10.9. The highest BCUT2D eigenvalue weighted by atomic mass is 14.9. The van der Waals surface area contributed by atoms with Gasteiger partial charge in [-0.25, -0.2) is 4.98 Å². The Hall–Kier alpha value is -1.87. The van der Waals surface area contributed by atoms with Crippen molar-refractivity contribution in [1.82, 2.24) is 10.3 Å². The molecule has 2 aromatic rings. The summed E-state index contributed by atoms with van der Waals surface area (Å²) < 4.78 is 0. The van der Waals surface area contributed by atoms with Gasteiger partial charge in [-0.05, 0) is 50.1 Å². The summed E-state index contributed by atoms with van der Waals surface area (Å²) in [7, 11) is 1.96. The highest BCUT2D eigenvalue weighted by Crippen LogP contribution is 2.24. The second kappa shape index (κ2) is 5.85. The van der Waals surface area contributed by atoms with E-state index in [0.717, 1.165) is 17.5 Å². The molecule has 1 aromatic heterocycles. The number of nitrogens with zero attached hydrogens (tertiary/aromatic N) is 1. The van der Waals surface area contributed by atoms with Crippen molar-refractivity contribution in [2.75, 3.05) is 12.8 Å². The maximum Gasteiger partial charge on any atom is 0.128 e. The molecule has 1 heterocycles. The largest absolute Gasteiger partial charge is 0.383 e. The molecule has 0 aliphatic rings. The van der Waals surface area contributed by atoms with E-state index in [2.05, 4.69) is 47.6 Å². The van der Waals surface area contributed by atoms with Crippen molar-refractivity contribution in [1.29, 1.82) is 0 Å². The molecule has 0 saturated heterocycles. The summed E-state index contributed by atoms with van der Waals surface area (Å²) in [6.45, 7) is 4.18. The van der Waals surface area contributed by atoms with Crippen LogP contribution in [0.3, 0.4) is 0 Å². The molecule has 100 valence electrons. The van der Waals surface area contributed by atoms with Crippen molar-refractivity contribution in [3.05, 3.63) is 58.8 Å². The van der Waals surface area contributed by atoms with E-state index in [0.29, 0.717) is 5.82 Å². The number of nitrogens with two attached hydrogens (primary N) is 1. The second-order valence-electron chi connectivity index (χ2n) is 4.96. The zero-order chi connectivity index (χ0) is 13.8. The van der Waals surface area contributed by atoms with Gasteiger partial charge < -0.3 is 11.1 Å². The van der Waals surface area contributed by atoms with Gasteiger partial charge in [0.1, 0.15) is 5.82 Å². The van der Waals surface area contributed by atoms with Crippen LogP contribution in [0.2, 0.25) is 0 Å². The minimum Gasteiger partial charge on any atom is -0.383 e. The van der Waals surface area contributed by atoms with Crippen LogP contribution in [-0.4, -0.2) is 12.0 Å². The SMILES string of the molecule is CNC(Cc1ccccc1C)c1cc(C)cnc1N. The molecule has 0 amide bonds. The van der Waals surface area contributed by atoms with Crippen molar-refractivity contribution in [2.24, 2.45) is 0 Å². The summed E-state index contributed by atoms with van der Waals surface area (Å²) in [6.07, 6.45) is 2.72. The van der Waals surface area contributed by atoms with Crippen LogP contribution in [0.15, 0.2) is 36.5 Å². The second-order valence-corrected chi connectivity index (χ2v) is 4.96. The first-order chi connectivity index (χ1) is 9.11. The van der Waals surface area contributed by atoms with E-state index in [1.807, 2.05) is 14.0 Å². The molecule has 3 heteroatoms. The maximum atomic E-state index is 6.01. The minimum atomic E-state index is 0.188. The number of aryl methyl sites for hydroxylation is 2. The van der Waals surface area contributed by atoms with Crippen molar-refractivity contribution < 1.29 is 0 Å². The van der Waals surface area contributed by atoms with E-state index >= 15 is 0 Å². The normalized spacial score (nSPS) is 12.4. The first-order valence-electron chi connectivity index (χ1n) is 6.55. The van der Waals surface area contributed by atoms with Gasteiger partial charge in [0.25, 0.3) is 0 Å². The van der Waals surface area contributed by atoms with Crippen LogP contribution in [0.25, 0.3) is 0 Å². The molecule has 1 aromatic carbocycles. The van der Waals surface area contributed by atoms with Gasteiger partial charge in [-0.3, -0.25) is 0 Å². The molecule has 0 spiro atoms. The van der Waals surface area contributed by atoms with Crippen molar-refractivity contribution in [3.8, 4) is 0 Å². The van der Waals surface area contributed by atoms with Crippen LogP contribution in [0.5, 0.6) is 0 Å². The Bertz CT molecular complexity index is 564. The van der Waals surface area contributed by atoms with Gasteiger partial charge in [0, 0.05) is 17.8 Å². The smallest absolute Gasteiger partial charge is 0.128 e. The number of pyridine rings is 1. The van der Waals surface area contributed by atoms with Gasteiger partial charge in [-0.1, -0.05) is 24.3 Å². The number of rotatable bonds is 4. The molecule has 1 atom stereocenters. The van der Waals surface area contributed by atoms with Crippen LogP contribution in [0, 0.1) is 13.8 Å². The number of hydrogen-bond acceptors (Lipinski definition) is 3. The zero-order valence-electron chi connectivity index (χ0n) is 11.8. The number of hydrogen-bond donors (Lipinski definition) is 2. The lowest BCUT2D eigenvalue weighted by Crippen LogP contribution is -2.21. The van der Waals surface area contributed by atoms with Gasteiger partial charge in [0.2, 0.25) is 0 Å². The van der Waals surface area contributed by atoms with Crippen LogP contribution in [0.1, 0.15) is 28.3 Å². The molecule has 3 nitrogen and oxygen atoms in total. The van der Waals surface area contributed by atoms with E-state index < -0.39 is 0 Å². The Labute approximate surface area is 114 Å². The van der Waals surface area contributed by atoms with Gasteiger partial charge in [0.15, 0.2) is 0 Å². The third-order valence-electron chi connectivity index (χ3n) is 3.50. The lowest BCUT2D eigenvalue weighted by molar-refractivity contribution is 0.590. The van der Waals surface area contributed by atoms with E-state index in [1.54, 1.807) is 6.20 Å². The number of nitrogens with one attached hydrogen (secondary N) is 1. The molecule has 0 saturated carbocycles. The van der Waals surface area contributed by atoms with Crippen LogP contribution >= 0.6 is 0 Å². The fourth-order valence-electron chi connectivity index (χ4n) is 2.31. The quantitative estimate of drug-likeness (QED) is 0.883.